The topological polar surface area (TPSA) is 49.8 Å². The molecule has 1 fully saturated rings. The van der Waals surface area contributed by atoms with E-state index in [-0.39, 0.29) is 5.78 Å². The first-order chi connectivity index (χ1) is 6.64. The number of benzene rings is 1. The molecule has 1 aliphatic heterocycles. The molecule has 72 valence electrons. The van der Waals surface area contributed by atoms with Crippen molar-refractivity contribution in [2.75, 3.05) is 0 Å². The van der Waals surface area contributed by atoms with Crippen LogP contribution in [0.3, 0.4) is 0 Å². The first-order valence-electron chi connectivity index (χ1n) is 4.63. The second kappa shape index (κ2) is 2.24. The van der Waals surface area contributed by atoms with Crippen LogP contribution in [0, 0.1) is 0 Å². The number of epoxide rings is 1. The number of rotatable bonds is 0. The van der Waals surface area contributed by atoms with Crippen molar-refractivity contribution in [3.8, 4) is 0 Å². The lowest BCUT2D eigenvalue weighted by Crippen LogP contribution is -2.32. The summed E-state index contributed by atoms with van der Waals surface area (Å²) in [5.74, 6) is -0.00611. The number of carbonyl (C=O) groups excluding carboxylic acids is 1. The average Bonchev–Trinajstić information content (AvgIpc) is 2.89. The molecule has 1 saturated heterocycles. The minimum atomic E-state index is -0.679. The SMILES string of the molecule is CC12OC1C(=O)c1ccccc1C2O. The molecule has 3 unspecified atom stereocenters. The molecule has 0 saturated carbocycles. The number of ketones is 1. The molecule has 0 bridgehead atoms. The summed E-state index contributed by atoms with van der Waals surface area (Å²) in [5, 5.41) is 9.97. The summed E-state index contributed by atoms with van der Waals surface area (Å²) in [6.07, 6.45) is -1.12. The maximum Gasteiger partial charge on any atom is 0.195 e. The molecule has 14 heavy (non-hydrogen) atoms. The number of fused-ring (bicyclic) bond motifs is 2. The molecule has 2 aliphatic rings. The van der Waals surface area contributed by atoms with Gasteiger partial charge in [0.05, 0.1) is 0 Å². The van der Waals surface area contributed by atoms with Crippen molar-refractivity contribution in [1.29, 1.82) is 0 Å². The fourth-order valence-electron chi connectivity index (χ4n) is 2.15. The lowest BCUT2D eigenvalue weighted by atomic mass is 9.82. The molecule has 3 nitrogen and oxygen atoms in total. The van der Waals surface area contributed by atoms with Crippen LogP contribution in [0.5, 0.6) is 0 Å². The summed E-state index contributed by atoms with van der Waals surface area (Å²) in [4.78, 5) is 11.8. The number of carbonyl (C=O) groups is 1. The van der Waals surface area contributed by atoms with E-state index in [0.717, 1.165) is 0 Å². The van der Waals surface area contributed by atoms with Crippen molar-refractivity contribution in [3.05, 3.63) is 35.4 Å². The van der Waals surface area contributed by atoms with Gasteiger partial charge in [0.25, 0.3) is 0 Å². The molecule has 1 aromatic carbocycles. The van der Waals surface area contributed by atoms with E-state index in [1.165, 1.54) is 0 Å². The normalized spacial score (nSPS) is 38.9. The Labute approximate surface area is 81.3 Å². The summed E-state index contributed by atoms with van der Waals surface area (Å²) in [6, 6.07) is 7.14. The van der Waals surface area contributed by atoms with Crippen LogP contribution in [0.25, 0.3) is 0 Å². The van der Waals surface area contributed by atoms with Crippen LogP contribution in [-0.2, 0) is 4.74 Å². The lowest BCUT2D eigenvalue weighted by molar-refractivity contribution is 0.0811. The van der Waals surface area contributed by atoms with E-state index in [0.29, 0.717) is 11.1 Å². The van der Waals surface area contributed by atoms with E-state index < -0.39 is 17.8 Å². The largest absolute Gasteiger partial charge is 0.385 e. The zero-order valence-electron chi connectivity index (χ0n) is 7.73. The standard InChI is InChI=1S/C11H10O3/c1-11-9(13)7-5-3-2-4-6(7)8(12)10(11)14-11/h2-5,9-10,13H,1H3. The maximum atomic E-state index is 11.8. The summed E-state index contributed by atoms with van der Waals surface area (Å²) in [7, 11) is 0. The molecule has 0 amide bonds. The molecule has 1 aromatic rings. The highest BCUT2D eigenvalue weighted by molar-refractivity contribution is 6.05. The van der Waals surface area contributed by atoms with Crippen molar-refractivity contribution >= 4 is 5.78 Å². The summed E-state index contributed by atoms with van der Waals surface area (Å²) >= 11 is 0. The zero-order chi connectivity index (χ0) is 9.92. The van der Waals surface area contributed by atoms with Gasteiger partial charge in [-0.05, 0) is 12.5 Å². The quantitative estimate of drug-likeness (QED) is 0.622. The first-order valence-corrected chi connectivity index (χ1v) is 4.63. The highest BCUT2D eigenvalue weighted by Gasteiger charge is 2.65. The molecule has 3 rings (SSSR count). The van der Waals surface area contributed by atoms with E-state index >= 15 is 0 Å². The Bertz CT molecular complexity index is 426. The predicted molar refractivity (Wildman–Crippen MR) is 49.0 cm³/mol. The van der Waals surface area contributed by atoms with E-state index in [4.69, 9.17) is 4.74 Å². The zero-order valence-corrected chi connectivity index (χ0v) is 7.73. The Morgan fingerprint density at radius 2 is 2.14 bits per heavy atom. The minimum absolute atomic E-state index is 0.00611. The van der Waals surface area contributed by atoms with Gasteiger partial charge >= 0.3 is 0 Å². The van der Waals surface area contributed by atoms with E-state index in [1.54, 1.807) is 25.1 Å². The summed E-state index contributed by atoms with van der Waals surface area (Å²) in [6.45, 7) is 1.77. The van der Waals surface area contributed by atoms with Crippen LogP contribution in [0.1, 0.15) is 28.9 Å². The average molecular weight is 190 g/mol. The first kappa shape index (κ1) is 8.15. The van der Waals surface area contributed by atoms with Gasteiger partial charge in [0, 0.05) is 5.56 Å². The minimum Gasteiger partial charge on any atom is -0.385 e. The summed E-state index contributed by atoms with van der Waals surface area (Å²) in [5.41, 5.74) is 0.611. The molecule has 1 N–H and O–H groups in total. The predicted octanol–water partition coefficient (Wildman–Crippen LogP) is 1.07. The Morgan fingerprint density at radius 3 is 2.93 bits per heavy atom. The van der Waals surface area contributed by atoms with Gasteiger partial charge in [-0.1, -0.05) is 24.3 Å². The third kappa shape index (κ3) is 0.768. The van der Waals surface area contributed by atoms with Gasteiger partial charge in [0.1, 0.15) is 11.7 Å². The van der Waals surface area contributed by atoms with Crippen LogP contribution in [0.4, 0.5) is 0 Å². The highest BCUT2D eigenvalue weighted by Crippen LogP contribution is 2.52. The van der Waals surface area contributed by atoms with Crippen LogP contribution >= 0.6 is 0 Å². The van der Waals surface area contributed by atoms with Crippen molar-refractivity contribution in [2.45, 2.75) is 24.7 Å². The van der Waals surface area contributed by atoms with Gasteiger partial charge in [-0.3, -0.25) is 4.79 Å². The molecule has 3 heteroatoms. The van der Waals surface area contributed by atoms with E-state index in [2.05, 4.69) is 0 Å². The maximum absolute atomic E-state index is 11.8. The number of aliphatic hydroxyl groups excluding tert-OH is 1. The third-order valence-electron chi connectivity index (χ3n) is 3.14. The van der Waals surface area contributed by atoms with Gasteiger partial charge in [-0.2, -0.15) is 0 Å². The molecule has 1 aliphatic carbocycles. The Morgan fingerprint density at radius 1 is 1.43 bits per heavy atom. The van der Waals surface area contributed by atoms with Crippen molar-refractivity contribution < 1.29 is 14.6 Å². The second-order valence-electron chi connectivity index (χ2n) is 4.04. The number of hydrogen-bond acceptors (Lipinski definition) is 3. The lowest BCUT2D eigenvalue weighted by Gasteiger charge is -2.22. The van der Waals surface area contributed by atoms with Gasteiger partial charge in [-0.25, -0.2) is 0 Å². The number of Topliss-reactive ketones (excluding diaryl/α,β-unsaturated/α-hetero) is 1. The van der Waals surface area contributed by atoms with Crippen molar-refractivity contribution in [1.82, 2.24) is 0 Å². The van der Waals surface area contributed by atoms with Gasteiger partial charge in [0.15, 0.2) is 11.9 Å². The molecule has 0 radical (unpaired) electrons. The molecule has 0 spiro atoms. The fraction of sp³-hybridized carbons (Fsp3) is 0.364. The van der Waals surface area contributed by atoms with Crippen LogP contribution < -0.4 is 0 Å². The Hall–Kier alpha value is -1.19. The molecular weight excluding hydrogens is 180 g/mol. The smallest absolute Gasteiger partial charge is 0.195 e. The van der Waals surface area contributed by atoms with Gasteiger partial charge < -0.3 is 9.84 Å². The molecule has 1 heterocycles. The number of ether oxygens (including phenoxy) is 1. The van der Waals surface area contributed by atoms with Crippen LogP contribution in [0.15, 0.2) is 24.3 Å². The number of aliphatic hydroxyl groups is 1. The molecular formula is C11H10O3. The van der Waals surface area contributed by atoms with Crippen LogP contribution in [-0.4, -0.2) is 22.6 Å². The van der Waals surface area contributed by atoms with Gasteiger partial charge in [-0.15, -0.1) is 0 Å². The Kier molecular flexibility index (Phi) is 1.30. The highest BCUT2D eigenvalue weighted by atomic mass is 16.6. The molecule has 0 aromatic heterocycles. The third-order valence-corrected chi connectivity index (χ3v) is 3.14. The Balaban J connectivity index is 2.22. The van der Waals surface area contributed by atoms with Crippen molar-refractivity contribution in [2.24, 2.45) is 0 Å². The van der Waals surface area contributed by atoms with Crippen molar-refractivity contribution in [3.63, 3.8) is 0 Å². The van der Waals surface area contributed by atoms with E-state index in [1.807, 2.05) is 6.07 Å². The molecule has 3 atom stereocenters. The van der Waals surface area contributed by atoms with Gasteiger partial charge in [0.2, 0.25) is 0 Å². The second-order valence-corrected chi connectivity index (χ2v) is 4.04. The van der Waals surface area contributed by atoms with E-state index in [9.17, 15) is 9.90 Å². The number of hydrogen-bond donors (Lipinski definition) is 1. The fourth-order valence-corrected chi connectivity index (χ4v) is 2.15. The van der Waals surface area contributed by atoms with Crippen LogP contribution in [0.2, 0.25) is 0 Å². The summed E-state index contributed by atoms with van der Waals surface area (Å²) < 4.78 is 5.27. The monoisotopic (exact) mass is 190 g/mol.